The van der Waals surface area contributed by atoms with Crippen LogP contribution >= 0.6 is 0 Å². The van der Waals surface area contributed by atoms with Crippen molar-refractivity contribution in [1.82, 2.24) is 10.6 Å². The molecule has 3 N–H and O–H groups in total. The molecule has 28 heavy (non-hydrogen) atoms. The molecule has 0 aromatic heterocycles. The third-order valence-corrected chi connectivity index (χ3v) is 4.45. The smallest absolute Gasteiger partial charge is 0.409 e. The first-order valence-electron chi connectivity index (χ1n) is 9.74. The Hall–Kier alpha value is -2.35. The van der Waals surface area contributed by atoms with E-state index in [0.717, 1.165) is 49.1 Å². The summed E-state index contributed by atoms with van der Waals surface area (Å²) in [5, 5.41) is 15.2. The zero-order chi connectivity index (χ0) is 20.9. The van der Waals surface area contributed by atoms with Gasteiger partial charge in [0.25, 0.3) is 0 Å². The number of carbonyl (C=O) groups excluding carboxylic acids is 1. The standard InChI is InChI=1S/C20H33N3O5/c1-5-7-11-21-16(6-2)12-17(23-20(26)28-13-27-4)18(15-9-8-10-15)22-14(3)19(24)25/h6,11,14,17,22H,5,7-10,12-13H2,1-4H3,(H,23,26)(H,24,25)/b16-6-,21-11?. The van der Waals surface area contributed by atoms with Gasteiger partial charge >= 0.3 is 12.1 Å². The molecular formula is C20H33N3O5. The summed E-state index contributed by atoms with van der Waals surface area (Å²) >= 11 is 0. The number of nitrogens with zero attached hydrogens (tertiary/aromatic N) is 1. The van der Waals surface area contributed by atoms with Crippen molar-refractivity contribution >= 4 is 18.3 Å². The number of unbranched alkanes of at least 4 members (excludes halogenated alkanes) is 1. The number of ether oxygens (including phenoxy) is 2. The Bertz CT molecular complexity index is 607. The van der Waals surface area contributed by atoms with Crippen molar-refractivity contribution in [3.05, 3.63) is 23.0 Å². The summed E-state index contributed by atoms with van der Waals surface area (Å²) in [5.74, 6) is -0.953. The number of carboxylic acid groups (broad SMARTS) is 1. The van der Waals surface area contributed by atoms with Crippen molar-refractivity contribution in [2.75, 3.05) is 13.9 Å². The third-order valence-electron chi connectivity index (χ3n) is 4.45. The van der Waals surface area contributed by atoms with Crippen LogP contribution in [0.5, 0.6) is 0 Å². The van der Waals surface area contributed by atoms with Gasteiger partial charge in [0.2, 0.25) is 0 Å². The number of hydrogen-bond donors (Lipinski definition) is 3. The number of hydrogen-bond acceptors (Lipinski definition) is 6. The number of carbonyl (C=O) groups is 2. The largest absolute Gasteiger partial charge is 0.480 e. The molecule has 0 heterocycles. The minimum atomic E-state index is -0.953. The molecule has 0 bridgehead atoms. The maximum atomic E-state index is 12.2. The topological polar surface area (TPSA) is 109 Å². The molecule has 1 rings (SSSR count). The maximum absolute atomic E-state index is 12.2. The number of nitrogens with one attached hydrogen (secondary N) is 2. The van der Waals surface area contributed by atoms with Crippen LogP contribution in [0.4, 0.5) is 4.79 Å². The summed E-state index contributed by atoms with van der Waals surface area (Å²) in [6.07, 6.45) is 8.23. The van der Waals surface area contributed by atoms with Crippen LogP contribution in [0.1, 0.15) is 59.3 Å². The molecule has 0 aliphatic heterocycles. The number of amides is 1. The van der Waals surface area contributed by atoms with Gasteiger partial charge in [0, 0.05) is 31.1 Å². The molecule has 2 unspecified atom stereocenters. The number of methoxy groups -OCH3 is 1. The summed E-state index contributed by atoms with van der Waals surface area (Å²) in [5.41, 5.74) is 2.67. The van der Waals surface area contributed by atoms with Gasteiger partial charge in [-0.05, 0) is 45.1 Å². The van der Waals surface area contributed by atoms with Gasteiger partial charge in [-0.15, -0.1) is 0 Å². The van der Waals surface area contributed by atoms with Crippen molar-refractivity contribution in [3.63, 3.8) is 0 Å². The first kappa shape index (κ1) is 23.7. The molecule has 0 aromatic carbocycles. The Morgan fingerprint density at radius 3 is 2.54 bits per heavy atom. The first-order valence-corrected chi connectivity index (χ1v) is 9.74. The molecule has 1 aliphatic rings. The van der Waals surface area contributed by atoms with Gasteiger partial charge < -0.3 is 25.2 Å². The SMILES string of the molecule is C/C=C(/CC(NC(=O)OCOC)C(NC(C)C(=O)O)=C1CCC1)N=CCCC. The lowest BCUT2D eigenvalue weighted by molar-refractivity contribution is -0.138. The molecule has 8 nitrogen and oxygen atoms in total. The molecule has 1 fully saturated rings. The van der Waals surface area contributed by atoms with Gasteiger partial charge in [-0.25, -0.2) is 4.79 Å². The number of allylic oxidation sites excluding steroid dienone is 2. The van der Waals surface area contributed by atoms with E-state index in [-0.39, 0.29) is 6.79 Å². The average molecular weight is 396 g/mol. The van der Waals surface area contributed by atoms with E-state index in [1.54, 1.807) is 6.92 Å². The summed E-state index contributed by atoms with van der Waals surface area (Å²) in [4.78, 5) is 28.0. The second-order valence-electron chi connectivity index (χ2n) is 6.69. The second kappa shape index (κ2) is 12.9. The van der Waals surface area contributed by atoms with Gasteiger partial charge in [-0.1, -0.05) is 19.4 Å². The molecule has 0 radical (unpaired) electrons. The summed E-state index contributed by atoms with van der Waals surface area (Å²) in [6.45, 7) is 5.39. The first-order chi connectivity index (χ1) is 13.4. The van der Waals surface area contributed by atoms with E-state index in [9.17, 15) is 14.7 Å². The van der Waals surface area contributed by atoms with Crippen molar-refractivity contribution in [2.45, 2.75) is 71.4 Å². The Balaban J connectivity index is 3.07. The van der Waals surface area contributed by atoms with Gasteiger partial charge in [0.05, 0.1) is 6.04 Å². The van der Waals surface area contributed by atoms with Crippen LogP contribution in [0, 0.1) is 0 Å². The number of alkyl carbamates (subject to hydrolysis) is 1. The quantitative estimate of drug-likeness (QED) is 0.345. The normalized spacial score (nSPS) is 16.3. The molecule has 1 amide bonds. The third kappa shape index (κ3) is 8.12. The fourth-order valence-corrected chi connectivity index (χ4v) is 2.65. The highest BCUT2D eigenvalue weighted by molar-refractivity contribution is 5.73. The zero-order valence-electron chi connectivity index (χ0n) is 17.3. The van der Waals surface area contributed by atoms with Gasteiger partial charge in [-0.3, -0.25) is 9.79 Å². The van der Waals surface area contributed by atoms with Gasteiger partial charge in [0.15, 0.2) is 6.79 Å². The van der Waals surface area contributed by atoms with E-state index in [1.807, 2.05) is 19.2 Å². The zero-order valence-corrected chi connectivity index (χ0v) is 17.3. The Kier molecular flexibility index (Phi) is 10.9. The minimum absolute atomic E-state index is 0.158. The molecule has 1 saturated carbocycles. The number of carboxylic acids is 1. The Morgan fingerprint density at radius 1 is 1.32 bits per heavy atom. The monoisotopic (exact) mass is 395 g/mol. The van der Waals surface area contributed by atoms with Crippen LogP contribution in [0.25, 0.3) is 0 Å². The molecule has 0 saturated heterocycles. The lowest BCUT2D eigenvalue weighted by Gasteiger charge is -2.31. The summed E-state index contributed by atoms with van der Waals surface area (Å²) in [6, 6.07) is -1.24. The van der Waals surface area contributed by atoms with E-state index >= 15 is 0 Å². The highest BCUT2D eigenvalue weighted by Crippen LogP contribution is 2.31. The van der Waals surface area contributed by atoms with Crippen LogP contribution < -0.4 is 10.6 Å². The number of aliphatic carboxylic acids is 1. The van der Waals surface area contributed by atoms with E-state index < -0.39 is 24.1 Å². The molecular weight excluding hydrogens is 362 g/mol. The van der Waals surface area contributed by atoms with Crippen molar-refractivity contribution < 1.29 is 24.2 Å². The predicted octanol–water partition coefficient (Wildman–Crippen LogP) is 3.35. The second-order valence-corrected chi connectivity index (χ2v) is 6.69. The number of rotatable bonds is 12. The maximum Gasteiger partial charge on any atom is 0.409 e. The van der Waals surface area contributed by atoms with E-state index in [0.29, 0.717) is 6.42 Å². The lowest BCUT2D eigenvalue weighted by atomic mass is 9.87. The molecule has 1 aliphatic carbocycles. The molecule has 2 atom stereocenters. The van der Waals surface area contributed by atoms with Crippen LogP contribution in [-0.4, -0.2) is 49.4 Å². The minimum Gasteiger partial charge on any atom is -0.480 e. The van der Waals surface area contributed by atoms with Gasteiger partial charge in [0.1, 0.15) is 6.04 Å². The highest BCUT2D eigenvalue weighted by Gasteiger charge is 2.27. The molecule has 158 valence electrons. The molecule has 8 heteroatoms. The molecule has 0 spiro atoms. The predicted molar refractivity (Wildman–Crippen MR) is 108 cm³/mol. The Labute approximate surface area is 167 Å². The fourth-order valence-electron chi connectivity index (χ4n) is 2.65. The van der Waals surface area contributed by atoms with Crippen LogP contribution in [0.15, 0.2) is 28.0 Å². The average Bonchev–Trinajstić information content (AvgIpc) is 2.62. The van der Waals surface area contributed by atoms with Crippen LogP contribution in [0.3, 0.4) is 0 Å². The van der Waals surface area contributed by atoms with E-state index in [2.05, 4.69) is 22.5 Å². The lowest BCUT2D eigenvalue weighted by Crippen LogP contribution is -2.46. The molecule has 0 aromatic rings. The van der Waals surface area contributed by atoms with Gasteiger partial charge in [-0.2, -0.15) is 0 Å². The summed E-state index contributed by atoms with van der Waals surface area (Å²) in [7, 11) is 1.43. The van der Waals surface area contributed by atoms with Crippen LogP contribution in [-0.2, 0) is 14.3 Å². The van der Waals surface area contributed by atoms with Crippen molar-refractivity contribution in [3.8, 4) is 0 Å². The van der Waals surface area contributed by atoms with Crippen molar-refractivity contribution in [1.29, 1.82) is 0 Å². The van der Waals surface area contributed by atoms with Crippen LogP contribution in [0.2, 0.25) is 0 Å². The van der Waals surface area contributed by atoms with E-state index in [1.165, 1.54) is 7.11 Å². The Morgan fingerprint density at radius 2 is 2.04 bits per heavy atom. The fraction of sp³-hybridized carbons (Fsp3) is 0.650. The van der Waals surface area contributed by atoms with E-state index in [4.69, 9.17) is 9.47 Å². The summed E-state index contributed by atoms with van der Waals surface area (Å²) < 4.78 is 9.75. The van der Waals surface area contributed by atoms with Crippen molar-refractivity contribution in [2.24, 2.45) is 4.99 Å². The highest BCUT2D eigenvalue weighted by atomic mass is 16.7. The number of aliphatic imine (C=N–C) groups is 1.